The molecule has 30 heavy (non-hydrogen) atoms. The average Bonchev–Trinajstić information content (AvgIpc) is 2.66. The van der Waals surface area contributed by atoms with Crippen LogP contribution in [-0.4, -0.2) is 27.8 Å². The molecule has 0 aliphatic carbocycles. The average molecular weight is 418 g/mol. The van der Waals surface area contributed by atoms with Gasteiger partial charge in [0.1, 0.15) is 17.1 Å². The number of rotatable bonds is 3. The highest BCUT2D eigenvalue weighted by molar-refractivity contribution is 5.85. The molecule has 0 spiro atoms. The topological polar surface area (TPSA) is 88.1 Å². The second-order valence-electron chi connectivity index (χ2n) is 7.42. The van der Waals surface area contributed by atoms with Gasteiger partial charge in [-0.1, -0.05) is 26.0 Å². The Balaban J connectivity index is 0.00000155. The number of phenolic OH excluding ortho intramolecular Hbond substituents is 1. The van der Waals surface area contributed by atoms with Crippen molar-refractivity contribution in [2.45, 2.75) is 53.3 Å². The van der Waals surface area contributed by atoms with E-state index >= 15 is 0 Å². The van der Waals surface area contributed by atoms with Gasteiger partial charge in [-0.2, -0.15) is 0 Å². The van der Waals surface area contributed by atoms with Crippen molar-refractivity contribution in [3.8, 4) is 11.5 Å². The molecule has 0 unspecified atom stereocenters. The van der Waals surface area contributed by atoms with Crippen molar-refractivity contribution in [1.29, 1.82) is 0 Å². The fraction of sp³-hybridized carbons (Fsp3) is 0.364. The molecule has 0 saturated heterocycles. The van der Waals surface area contributed by atoms with Gasteiger partial charge >= 0.3 is 12.2 Å². The van der Waals surface area contributed by atoms with Gasteiger partial charge in [-0.15, -0.1) is 0 Å². The molecule has 0 atom stereocenters. The van der Waals surface area contributed by atoms with E-state index in [-0.39, 0.29) is 35.8 Å². The SMILES string of the molecule is CC.CC(C)(C)OC(=O)Nc1cccc(CN2Cc3ccc(O)cc3OC2=O)c1F. The predicted octanol–water partition coefficient (Wildman–Crippen LogP) is 5.42. The molecule has 0 radical (unpaired) electrons. The normalized spacial score (nSPS) is 12.9. The summed E-state index contributed by atoms with van der Waals surface area (Å²) in [5.41, 5.74) is 0.161. The molecular formula is C22H27FN2O5. The summed E-state index contributed by atoms with van der Waals surface area (Å²) in [6.07, 6.45) is -1.42. The number of hydrogen-bond donors (Lipinski definition) is 2. The first kappa shape index (κ1) is 23.0. The van der Waals surface area contributed by atoms with Gasteiger partial charge in [0.25, 0.3) is 0 Å². The van der Waals surface area contributed by atoms with E-state index in [0.717, 1.165) is 0 Å². The molecule has 7 nitrogen and oxygen atoms in total. The fourth-order valence-electron chi connectivity index (χ4n) is 2.74. The summed E-state index contributed by atoms with van der Waals surface area (Å²) in [5.74, 6) is -0.383. The molecule has 1 aliphatic heterocycles. The number of hydrogen-bond acceptors (Lipinski definition) is 5. The summed E-state index contributed by atoms with van der Waals surface area (Å²) in [5, 5.41) is 11.9. The van der Waals surface area contributed by atoms with Gasteiger partial charge in [0.2, 0.25) is 0 Å². The van der Waals surface area contributed by atoms with Crippen molar-refractivity contribution < 1.29 is 28.6 Å². The quantitative estimate of drug-likeness (QED) is 0.695. The Bertz CT molecular complexity index is 924. The lowest BCUT2D eigenvalue weighted by molar-refractivity contribution is 0.0635. The van der Waals surface area contributed by atoms with Gasteiger partial charge in [0, 0.05) is 17.2 Å². The van der Waals surface area contributed by atoms with E-state index in [9.17, 15) is 19.1 Å². The van der Waals surface area contributed by atoms with Gasteiger partial charge in [0.05, 0.1) is 18.8 Å². The number of anilines is 1. The molecule has 0 saturated carbocycles. The zero-order valence-corrected chi connectivity index (χ0v) is 17.8. The van der Waals surface area contributed by atoms with Crippen molar-refractivity contribution >= 4 is 17.9 Å². The molecule has 162 valence electrons. The fourth-order valence-corrected chi connectivity index (χ4v) is 2.74. The standard InChI is InChI=1S/C20H21FN2O5.C2H6/c1-20(2,3)28-18(25)22-15-6-4-5-13(17(15)21)11-23-10-12-7-8-14(24)9-16(12)27-19(23)26;1-2/h4-9,24H,10-11H2,1-3H3,(H,22,25);1-2H3. The maximum atomic E-state index is 14.8. The molecule has 2 N–H and O–H groups in total. The molecule has 2 aromatic carbocycles. The molecule has 1 aliphatic rings. The van der Waals surface area contributed by atoms with Crippen molar-refractivity contribution in [1.82, 2.24) is 4.90 Å². The van der Waals surface area contributed by atoms with E-state index in [1.807, 2.05) is 13.8 Å². The number of amides is 2. The third-order valence-electron chi connectivity index (χ3n) is 3.94. The number of benzene rings is 2. The van der Waals surface area contributed by atoms with Crippen molar-refractivity contribution in [2.75, 3.05) is 5.32 Å². The minimum absolute atomic E-state index is 0.00744. The Morgan fingerprint density at radius 2 is 1.97 bits per heavy atom. The number of halogens is 1. The lowest BCUT2D eigenvalue weighted by Crippen LogP contribution is -2.36. The van der Waals surface area contributed by atoms with Crippen LogP contribution in [0.5, 0.6) is 11.5 Å². The second kappa shape index (κ2) is 9.47. The highest BCUT2D eigenvalue weighted by atomic mass is 19.1. The lowest BCUT2D eigenvalue weighted by atomic mass is 10.1. The van der Waals surface area contributed by atoms with E-state index in [1.165, 1.54) is 29.2 Å². The molecular weight excluding hydrogens is 391 g/mol. The number of carbonyl (C=O) groups is 2. The van der Waals surface area contributed by atoms with Gasteiger partial charge in [0.15, 0.2) is 5.82 Å². The molecule has 2 aromatic rings. The summed E-state index contributed by atoms with van der Waals surface area (Å²) in [4.78, 5) is 25.4. The Kier molecular flexibility index (Phi) is 7.26. The molecule has 3 rings (SSSR count). The summed E-state index contributed by atoms with van der Waals surface area (Å²) < 4.78 is 25.1. The van der Waals surface area contributed by atoms with Crippen LogP contribution in [0.15, 0.2) is 36.4 Å². The predicted molar refractivity (Wildman–Crippen MR) is 111 cm³/mol. The van der Waals surface area contributed by atoms with E-state index in [4.69, 9.17) is 9.47 Å². The summed E-state index contributed by atoms with van der Waals surface area (Å²) >= 11 is 0. The number of carbonyl (C=O) groups excluding carboxylic acids is 2. The van der Waals surface area contributed by atoms with Crippen LogP contribution >= 0.6 is 0 Å². The lowest BCUT2D eigenvalue weighted by Gasteiger charge is -2.28. The Labute approximate surface area is 175 Å². The highest BCUT2D eigenvalue weighted by Crippen LogP contribution is 2.31. The van der Waals surface area contributed by atoms with E-state index < -0.39 is 23.6 Å². The minimum atomic E-state index is -0.769. The maximum absolute atomic E-state index is 14.8. The highest BCUT2D eigenvalue weighted by Gasteiger charge is 2.26. The zero-order chi connectivity index (χ0) is 22.5. The first-order valence-electron chi connectivity index (χ1n) is 9.68. The molecule has 8 heteroatoms. The second-order valence-corrected chi connectivity index (χ2v) is 7.42. The number of aromatic hydroxyl groups is 1. The number of fused-ring (bicyclic) bond motifs is 1. The number of phenols is 1. The van der Waals surface area contributed by atoms with Crippen LogP contribution in [0.2, 0.25) is 0 Å². The number of nitrogens with zero attached hydrogens (tertiary/aromatic N) is 1. The molecule has 1 heterocycles. The summed E-state index contributed by atoms with van der Waals surface area (Å²) in [6.45, 7) is 9.28. The number of nitrogens with one attached hydrogen (secondary N) is 1. The Morgan fingerprint density at radius 3 is 2.63 bits per heavy atom. The van der Waals surface area contributed by atoms with Gasteiger partial charge in [-0.25, -0.2) is 14.0 Å². The molecule has 0 aromatic heterocycles. The van der Waals surface area contributed by atoms with Crippen molar-refractivity contribution in [3.05, 3.63) is 53.3 Å². The van der Waals surface area contributed by atoms with E-state index in [1.54, 1.807) is 32.9 Å². The first-order valence-corrected chi connectivity index (χ1v) is 9.68. The molecule has 2 amide bonds. The monoisotopic (exact) mass is 418 g/mol. The van der Waals surface area contributed by atoms with Crippen LogP contribution in [0.3, 0.4) is 0 Å². The third kappa shape index (κ3) is 5.85. The maximum Gasteiger partial charge on any atom is 0.415 e. The molecule has 0 bridgehead atoms. The third-order valence-corrected chi connectivity index (χ3v) is 3.94. The van der Waals surface area contributed by atoms with E-state index in [0.29, 0.717) is 5.56 Å². The summed E-state index contributed by atoms with van der Waals surface area (Å²) in [7, 11) is 0. The van der Waals surface area contributed by atoms with Gasteiger partial charge < -0.3 is 14.6 Å². The smallest absolute Gasteiger partial charge is 0.415 e. The van der Waals surface area contributed by atoms with Crippen LogP contribution in [0.4, 0.5) is 19.7 Å². The van der Waals surface area contributed by atoms with Crippen LogP contribution in [-0.2, 0) is 17.8 Å². The number of ether oxygens (including phenoxy) is 2. The largest absolute Gasteiger partial charge is 0.508 e. The van der Waals surface area contributed by atoms with Crippen LogP contribution in [0.25, 0.3) is 0 Å². The van der Waals surface area contributed by atoms with E-state index in [2.05, 4.69) is 5.32 Å². The van der Waals surface area contributed by atoms with Crippen LogP contribution in [0.1, 0.15) is 45.7 Å². The Hall–Kier alpha value is -3.29. The molecule has 0 fully saturated rings. The minimum Gasteiger partial charge on any atom is -0.508 e. The van der Waals surface area contributed by atoms with Crippen molar-refractivity contribution in [2.24, 2.45) is 0 Å². The Morgan fingerprint density at radius 1 is 1.27 bits per heavy atom. The summed E-state index contributed by atoms with van der Waals surface area (Å²) in [6, 6.07) is 9.00. The zero-order valence-electron chi connectivity index (χ0n) is 17.8. The van der Waals surface area contributed by atoms with Gasteiger partial charge in [-0.05, 0) is 39.0 Å². The van der Waals surface area contributed by atoms with Crippen LogP contribution < -0.4 is 10.1 Å². The van der Waals surface area contributed by atoms with Gasteiger partial charge in [-0.3, -0.25) is 10.2 Å². The van der Waals surface area contributed by atoms with Crippen molar-refractivity contribution in [3.63, 3.8) is 0 Å². The van der Waals surface area contributed by atoms with Crippen LogP contribution in [0, 0.1) is 5.82 Å². The first-order chi connectivity index (χ1) is 14.1.